The highest BCUT2D eigenvalue weighted by molar-refractivity contribution is 14.0. The molecule has 0 radical (unpaired) electrons. The molecular weight excluding hydrogens is 483 g/mol. The van der Waals surface area contributed by atoms with Gasteiger partial charge in [-0.05, 0) is 38.3 Å². The summed E-state index contributed by atoms with van der Waals surface area (Å²) in [6.45, 7) is 6.43. The third-order valence-corrected chi connectivity index (χ3v) is 4.95. The van der Waals surface area contributed by atoms with Crippen molar-refractivity contribution in [2.75, 3.05) is 33.8 Å². The number of aliphatic imine (C=N–C) groups is 1. The molecule has 1 heterocycles. The Kier molecular flexibility index (Phi) is 11.8. The van der Waals surface area contributed by atoms with Gasteiger partial charge in [0.2, 0.25) is 5.91 Å². The van der Waals surface area contributed by atoms with E-state index in [1.54, 1.807) is 14.2 Å². The minimum absolute atomic E-state index is 0. The Balaban J connectivity index is 0.00000420. The van der Waals surface area contributed by atoms with Gasteiger partial charge >= 0.3 is 0 Å². The molecule has 2 N–H and O–H groups in total. The van der Waals surface area contributed by atoms with E-state index in [1.165, 1.54) is 0 Å². The van der Waals surface area contributed by atoms with Crippen LogP contribution in [-0.4, -0.2) is 62.7 Å². The van der Waals surface area contributed by atoms with E-state index in [1.807, 2.05) is 36.1 Å². The van der Waals surface area contributed by atoms with Crippen molar-refractivity contribution in [3.8, 4) is 11.5 Å². The molecule has 1 saturated heterocycles. The Labute approximate surface area is 191 Å². The highest BCUT2D eigenvalue weighted by atomic mass is 127. The van der Waals surface area contributed by atoms with E-state index in [4.69, 9.17) is 9.47 Å². The van der Waals surface area contributed by atoms with Gasteiger partial charge in [-0.1, -0.05) is 13.0 Å². The number of hydrogen-bond donors (Lipinski definition) is 2. The van der Waals surface area contributed by atoms with Gasteiger partial charge in [-0.3, -0.25) is 9.79 Å². The SMILES string of the molecule is CCC(CCNC(=NC)NCC(C)Oc1cccc(OC)c1)N1CCCC1=O.I. The van der Waals surface area contributed by atoms with Gasteiger partial charge in [0.1, 0.15) is 17.6 Å². The van der Waals surface area contributed by atoms with Gasteiger partial charge < -0.3 is 25.0 Å². The average molecular weight is 518 g/mol. The van der Waals surface area contributed by atoms with Crippen molar-refractivity contribution < 1.29 is 14.3 Å². The normalized spacial score (nSPS) is 16.1. The largest absolute Gasteiger partial charge is 0.497 e. The standard InChI is InChI=1S/C21H34N4O3.HI/c1-5-17(25-13-7-10-20(25)26)11-12-23-21(22-3)24-15-16(2)28-19-9-6-8-18(14-19)27-4;/h6,8-9,14,16-17H,5,7,10-13,15H2,1-4H3,(H2,22,23,24);1H. The lowest BCUT2D eigenvalue weighted by atomic mass is 10.1. The fraction of sp³-hybridized carbons (Fsp3) is 0.619. The van der Waals surface area contributed by atoms with Crippen LogP contribution in [0.2, 0.25) is 0 Å². The molecule has 1 aliphatic heterocycles. The van der Waals surface area contributed by atoms with Crippen molar-refractivity contribution in [3.63, 3.8) is 0 Å². The molecule has 1 aromatic rings. The fourth-order valence-electron chi connectivity index (χ4n) is 3.40. The van der Waals surface area contributed by atoms with Crippen LogP contribution in [0.4, 0.5) is 0 Å². The van der Waals surface area contributed by atoms with Crippen LogP contribution in [0.25, 0.3) is 0 Å². The molecule has 164 valence electrons. The molecule has 8 heteroatoms. The zero-order valence-corrected chi connectivity index (χ0v) is 20.3. The first-order chi connectivity index (χ1) is 13.6. The topological polar surface area (TPSA) is 75.2 Å². The maximum atomic E-state index is 11.9. The zero-order valence-electron chi connectivity index (χ0n) is 17.9. The minimum atomic E-state index is -0.0312. The molecule has 2 unspecified atom stereocenters. The molecule has 1 aliphatic rings. The lowest BCUT2D eigenvalue weighted by Gasteiger charge is -2.27. The summed E-state index contributed by atoms with van der Waals surface area (Å²) >= 11 is 0. The number of rotatable bonds is 10. The van der Waals surface area contributed by atoms with E-state index < -0.39 is 0 Å². The minimum Gasteiger partial charge on any atom is -0.497 e. The number of benzene rings is 1. The second-order valence-corrected chi connectivity index (χ2v) is 7.03. The second kappa shape index (κ2) is 13.5. The Morgan fingerprint density at radius 2 is 2.07 bits per heavy atom. The maximum absolute atomic E-state index is 11.9. The number of methoxy groups -OCH3 is 1. The lowest BCUT2D eigenvalue weighted by molar-refractivity contribution is -0.129. The van der Waals surface area contributed by atoms with E-state index in [-0.39, 0.29) is 36.0 Å². The van der Waals surface area contributed by atoms with E-state index >= 15 is 0 Å². The predicted octanol–water partition coefficient (Wildman–Crippen LogP) is 3.04. The van der Waals surface area contributed by atoms with Crippen molar-refractivity contribution >= 4 is 35.8 Å². The quantitative estimate of drug-likeness (QED) is 0.283. The summed E-state index contributed by atoms with van der Waals surface area (Å²) in [5.41, 5.74) is 0. The van der Waals surface area contributed by atoms with E-state index in [0.29, 0.717) is 19.0 Å². The summed E-state index contributed by atoms with van der Waals surface area (Å²) in [5.74, 6) is 2.58. The number of amides is 1. The maximum Gasteiger partial charge on any atom is 0.222 e. The molecule has 0 bridgehead atoms. The first kappa shape index (κ1) is 25.3. The van der Waals surface area contributed by atoms with Crippen LogP contribution in [0.3, 0.4) is 0 Å². The highest BCUT2D eigenvalue weighted by Gasteiger charge is 2.26. The second-order valence-electron chi connectivity index (χ2n) is 7.03. The van der Waals surface area contributed by atoms with Crippen LogP contribution in [0, 0.1) is 0 Å². The zero-order chi connectivity index (χ0) is 20.4. The third-order valence-electron chi connectivity index (χ3n) is 4.95. The van der Waals surface area contributed by atoms with Crippen LogP contribution >= 0.6 is 24.0 Å². The molecule has 1 fully saturated rings. The molecule has 2 rings (SSSR count). The van der Waals surface area contributed by atoms with Gasteiger partial charge in [0, 0.05) is 38.7 Å². The molecule has 2 atom stereocenters. The lowest BCUT2D eigenvalue weighted by Crippen LogP contribution is -2.44. The predicted molar refractivity (Wildman–Crippen MR) is 128 cm³/mol. The Bertz CT molecular complexity index is 657. The number of hydrogen-bond acceptors (Lipinski definition) is 4. The van der Waals surface area contributed by atoms with Crippen LogP contribution < -0.4 is 20.1 Å². The van der Waals surface area contributed by atoms with Crippen molar-refractivity contribution in [3.05, 3.63) is 24.3 Å². The molecule has 1 aromatic carbocycles. The van der Waals surface area contributed by atoms with Gasteiger partial charge in [-0.2, -0.15) is 0 Å². The number of carbonyl (C=O) groups is 1. The summed E-state index contributed by atoms with van der Waals surface area (Å²) in [5, 5.41) is 6.63. The summed E-state index contributed by atoms with van der Waals surface area (Å²) in [4.78, 5) is 18.2. The molecule has 7 nitrogen and oxygen atoms in total. The number of halogens is 1. The van der Waals surface area contributed by atoms with Crippen LogP contribution in [-0.2, 0) is 4.79 Å². The number of ether oxygens (including phenoxy) is 2. The van der Waals surface area contributed by atoms with Crippen LogP contribution in [0.5, 0.6) is 11.5 Å². The monoisotopic (exact) mass is 518 g/mol. The molecular formula is C21H35IN4O3. The number of guanidine groups is 1. The number of nitrogens with zero attached hydrogens (tertiary/aromatic N) is 2. The van der Waals surface area contributed by atoms with Gasteiger partial charge in [-0.25, -0.2) is 0 Å². The first-order valence-electron chi connectivity index (χ1n) is 10.1. The molecule has 0 spiro atoms. The number of carbonyl (C=O) groups excluding carboxylic acids is 1. The molecule has 0 aromatic heterocycles. The molecule has 1 amide bonds. The van der Waals surface area contributed by atoms with Crippen molar-refractivity contribution in [1.82, 2.24) is 15.5 Å². The van der Waals surface area contributed by atoms with Crippen molar-refractivity contribution in [2.45, 2.75) is 51.7 Å². The summed E-state index contributed by atoms with van der Waals surface area (Å²) < 4.78 is 11.1. The van der Waals surface area contributed by atoms with Crippen molar-refractivity contribution in [1.29, 1.82) is 0 Å². The van der Waals surface area contributed by atoms with E-state index in [9.17, 15) is 4.79 Å². The van der Waals surface area contributed by atoms with Gasteiger partial charge in [0.25, 0.3) is 0 Å². The first-order valence-corrected chi connectivity index (χ1v) is 10.1. The number of nitrogens with one attached hydrogen (secondary N) is 2. The Hall–Kier alpha value is -1.71. The van der Waals surface area contributed by atoms with Gasteiger partial charge in [0.15, 0.2) is 5.96 Å². The van der Waals surface area contributed by atoms with E-state index in [0.717, 1.165) is 49.8 Å². The smallest absolute Gasteiger partial charge is 0.222 e. The molecule has 0 saturated carbocycles. The average Bonchev–Trinajstić information content (AvgIpc) is 3.13. The summed E-state index contributed by atoms with van der Waals surface area (Å²) in [6, 6.07) is 7.88. The van der Waals surface area contributed by atoms with E-state index in [2.05, 4.69) is 22.5 Å². The summed E-state index contributed by atoms with van der Waals surface area (Å²) in [7, 11) is 3.40. The van der Waals surface area contributed by atoms with Gasteiger partial charge in [0.05, 0.1) is 13.7 Å². The van der Waals surface area contributed by atoms with Crippen LogP contribution in [0.1, 0.15) is 39.5 Å². The highest BCUT2D eigenvalue weighted by Crippen LogP contribution is 2.20. The fourth-order valence-corrected chi connectivity index (χ4v) is 3.40. The number of likely N-dealkylation sites (tertiary alicyclic amines) is 1. The van der Waals surface area contributed by atoms with Crippen LogP contribution in [0.15, 0.2) is 29.3 Å². The molecule has 0 aliphatic carbocycles. The Morgan fingerprint density at radius 1 is 1.31 bits per heavy atom. The third kappa shape index (κ3) is 8.28. The van der Waals surface area contributed by atoms with Gasteiger partial charge in [-0.15, -0.1) is 24.0 Å². The Morgan fingerprint density at radius 3 is 2.69 bits per heavy atom. The summed E-state index contributed by atoms with van der Waals surface area (Å²) in [6.07, 6.45) is 3.54. The molecule has 29 heavy (non-hydrogen) atoms. The van der Waals surface area contributed by atoms with Crippen molar-refractivity contribution in [2.24, 2.45) is 4.99 Å².